The fraction of sp³-hybridized carbons (Fsp3) is 0.353. The summed E-state index contributed by atoms with van der Waals surface area (Å²) in [4.78, 5) is 23.7. The van der Waals surface area contributed by atoms with Crippen LogP contribution in [0.3, 0.4) is 0 Å². The molecule has 0 unspecified atom stereocenters. The van der Waals surface area contributed by atoms with Gasteiger partial charge in [-0.1, -0.05) is 17.3 Å². The minimum absolute atomic E-state index is 0.143. The number of carbonyl (C=O) groups is 2. The van der Waals surface area contributed by atoms with Crippen molar-refractivity contribution >= 4 is 17.7 Å². The predicted molar refractivity (Wildman–Crippen MR) is 88.7 cm³/mol. The summed E-state index contributed by atoms with van der Waals surface area (Å²) in [6, 6.07) is 8.69. The van der Waals surface area contributed by atoms with Crippen molar-refractivity contribution < 1.29 is 18.8 Å². The zero-order chi connectivity index (χ0) is 17.7. The van der Waals surface area contributed by atoms with Gasteiger partial charge in [0.1, 0.15) is 5.60 Å². The molecule has 0 spiro atoms. The highest BCUT2D eigenvalue weighted by atomic mass is 16.6. The van der Waals surface area contributed by atoms with E-state index in [-0.39, 0.29) is 11.7 Å². The Morgan fingerprint density at radius 3 is 2.62 bits per heavy atom. The maximum atomic E-state index is 12.0. The molecule has 0 fully saturated rings. The molecule has 0 saturated heterocycles. The lowest BCUT2D eigenvalue weighted by Gasteiger charge is -2.19. The van der Waals surface area contributed by atoms with Crippen LogP contribution in [0.1, 0.15) is 42.6 Å². The molecule has 0 atom stereocenters. The van der Waals surface area contributed by atoms with Crippen molar-refractivity contribution in [1.82, 2.24) is 10.5 Å². The third kappa shape index (κ3) is 5.42. The van der Waals surface area contributed by atoms with Crippen molar-refractivity contribution in [2.75, 3.05) is 5.32 Å². The maximum absolute atomic E-state index is 12.0. The molecule has 24 heavy (non-hydrogen) atoms. The molecule has 0 aliphatic carbocycles. The smallest absolute Gasteiger partial charge is 0.407 e. The molecule has 2 aromatic rings. The van der Waals surface area contributed by atoms with Crippen LogP contribution in [0.2, 0.25) is 0 Å². The first-order valence-electron chi connectivity index (χ1n) is 7.53. The van der Waals surface area contributed by atoms with E-state index in [9.17, 15) is 9.59 Å². The average Bonchev–Trinajstić information content (AvgIpc) is 2.90. The quantitative estimate of drug-likeness (QED) is 0.897. The molecule has 128 valence electrons. The van der Waals surface area contributed by atoms with Crippen molar-refractivity contribution in [3.63, 3.8) is 0 Å². The van der Waals surface area contributed by atoms with Crippen molar-refractivity contribution in [2.24, 2.45) is 0 Å². The van der Waals surface area contributed by atoms with E-state index in [1.54, 1.807) is 52.0 Å². The third-order valence-corrected chi connectivity index (χ3v) is 2.87. The number of anilines is 1. The SMILES string of the molecule is Cc1cc(C(=O)Nc2cccc(CNC(=O)OC(C)(C)C)c2)on1. The number of hydrogen-bond donors (Lipinski definition) is 2. The highest BCUT2D eigenvalue weighted by molar-refractivity contribution is 6.02. The Labute approximate surface area is 140 Å². The normalized spacial score (nSPS) is 11.0. The van der Waals surface area contributed by atoms with Gasteiger partial charge < -0.3 is 19.9 Å². The fourth-order valence-electron chi connectivity index (χ4n) is 1.91. The summed E-state index contributed by atoms with van der Waals surface area (Å²) in [6.07, 6.45) is -0.492. The molecule has 1 aromatic heterocycles. The van der Waals surface area contributed by atoms with E-state index in [2.05, 4.69) is 15.8 Å². The van der Waals surface area contributed by atoms with Crippen LogP contribution >= 0.6 is 0 Å². The van der Waals surface area contributed by atoms with Crippen molar-refractivity contribution in [3.8, 4) is 0 Å². The molecule has 0 aliphatic heterocycles. The van der Waals surface area contributed by atoms with Gasteiger partial charge in [-0.05, 0) is 45.4 Å². The van der Waals surface area contributed by atoms with Gasteiger partial charge in [-0.2, -0.15) is 0 Å². The second kappa shape index (κ2) is 7.16. The van der Waals surface area contributed by atoms with Gasteiger partial charge in [0.2, 0.25) is 5.76 Å². The van der Waals surface area contributed by atoms with Crippen LogP contribution in [-0.2, 0) is 11.3 Å². The van der Waals surface area contributed by atoms with Crippen molar-refractivity contribution in [1.29, 1.82) is 0 Å². The fourth-order valence-corrected chi connectivity index (χ4v) is 1.91. The van der Waals surface area contributed by atoms with Gasteiger partial charge in [-0.25, -0.2) is 4.79 Å². The van der Waals surface area contributed by atoms with E-state index in [0.29, 0.717) is 17.9 Å². The van der Waals surface area contributed by atoms with E-state index < -0.39 is 11.7 Å². The molecule has 2 N–H and O–H groups in total. The van der Waals surface area contributed by atoms with E-state index in [1.165, 1.54) is 0 Å². The number of aryl methyl sites for hydroxylation is 1. The second-order valence-corrected chi connectivity index (χ2v) is 6.34. The lowest BCUT2D eigenvalue weighted by Crippen LogP contribution is -2.32. The number of benzene rings is 1. The van der Waals surface area contributed by atoms with E-state index in [1.807, 2.05) is 6.07 Å². The monoisotopic (exact) mass is 331 g/mol. The van der Waals surface area contributed by atoms with E-state index in [4.69, 9.17) is 9.26 Å². The Hall–Kier alpha value is -2.83. The molecular formula is C17H21N3O4. The van der Waals surface area contributed by atoms with Gasteiger partial charge >= 0.3 is 6.09 Å². The first-order valence-corrected chi connectivity index (χ1v) is 7.53. The Morgan fingerprint density at radius 2 is 2.00 bits per heavy atom. The van der Waals surface area contributed by atoms with Crippen LogP contribution in [0.25, 0.3) is 0 Å². The standard InChI is InChI=1S/C17H21N3O4/c1-11-8-14(24-20-11)15(21)19-13-7-5-6-12(9-13)10-18-16(22)23-17(2,3)4/h5-9H,10H2,1-4H3,(H,18,22)(H,19,21). The summed E-state index contributed by atoms with van der Waals surface area (Å²) in [7, 11) is 0. The number of nitrogens with zero attached hydrogens (tertiary/aromatic N) is 1. The molecule has 7 nitrogen and oxygen atoms in total. The Morgan fingerprint density at radius 1 is 1.25 bits per heavy atom. The Kier molecular flexibility index (Phi) is 5.23. The zero-order valence-corrected chi connectivity index (χ0v) is 14.2. The van der Waals surface area contributed by atoms with Gasteiger partial charge in [0, 0.05) is 18.3 Å². The van der Waals surface area contributed by atoms with Gasteiger partial charge in [0.25, 0.3) is 5.91 Å². The molecule has 7 heteroatoms. The lowest BCUT2D eigenvalue weighted by molar-refractivity contribution is 0.0523. The number of carbonyl (C=O) groups excluding carboxylic acids is 2. The molecule has 0 aliphatic rings. The van der Waals surface area contributed by atoms with Gasteiger partial charge in [0.15, 0.2) is 0 Å². The minimum Gasteiger partial charge on any atom is -0.444 e. The van der Waals surface area contributed by atoms with Gasteiger partial charge in [0.05, 0.1) is 5.69 Å². The molecule has 0 radical (unpaired) electrons. The summed E-state index contributed by atoms with van der Waals surface area (Å²) in [5.41, 5.74) is 1.51. The minimum atomic E-state index is -0.547. The summed E-state index contributed by atoms with van der Waals surface area (Å²) in [5.74, 6) is -0.238. The second-order valence-electron chi connectivity index (χ2n) is 6.34. The molecule has 0 bridgehead atoms. The van der Waals surface area contributed by atoms with Crippen LogP contribution in [0, 0.1) is 6.92 Å². The molecule has 2 amide bonds. The summed E-state index contributed by atoms with van der Waals surface area (Å²) < 4.78 is 10.1. The highest BCUT2D eigenvalue weighted by Crippen LogP contribution is 2.13. The number of rotatable bonds is 4. The van der Waals surface area contributed by atoms with E-state index >= 15 is 0 Å². The number of nitrogens with one attached hydrogen (secondary N) is 2. The topological polar surface area (TPSA) is 93.5 Å². The molecular weight excluding hydrogens is 310 g/mol. The van der Waals surface area contributed by atoms with Crippen molar-refractivity contribution in [2.45, 2.75) is 39.8 Å². The number of ether oxygens (including phenoxy) is 1. The first kappa shape index (κ1) is 17.5. The first-order chi connectivity index (χ1) is 11.2. The van der Waals surface area contributed by atoms with E-state index in [0.717, 1.165) is 5.56 Å². The molecule has 0 saturated carbocycles. The highest BCUT2D eigenvalue weighted by Gasteiger charge is 2.16. The van der Waals surface area contributed by atoms with Crippen LogP contribution < -0.4 is 10.6 Å². The predicted octanol–water partition coefficient (Wildman–Crippen LogP) is 3.26. The molecule has 1 heterocycles. The van der Waals surface area contributed by atoms with Crippen LogP contribution in [0.4, 0.5) is 10.5 Å². The number of alkyl carbamates (subject to hydrolysis) is 1. The zero-order valence-electron chi connectivity index (χ0n) is 14.2. The number of aromatic nitrogens is 1. The summed E-state index contributed by atoms with van der Waals surface area (Å²) in [6.45, 7) is 7.43. The maximum Gasteiger partial charge on any atom is 0.407 e. The Balaban J connectivity index is 1.94. The molecule has 2 rings (SSSR count). The van der Waals surface area contributed by atoms with Crippen LogP contribution in [0.15, 0.2) is 34.9 Å². The van der Waals surface area contributed by atoms with Gasteiger partial charge in [-0.15, -0.1) is 0 Å². The van der Waals surface area contributed by atoms with Crippen LogP contribution in [0.5, 0.6) is 0 Å². The largest absolute Gasteiger partial charge is 0.444 e. The molecule has 1 aromatic carbocycles. The van der Waals surface area contributed by atoms with Crippen LogP contribution in [-0.4, -0.2) is 22.8 Å². The van der Waals surface area contributed by atoms with Gasteiger partial charge in [-0.3, -0.25) is 4.79 Å². The average molecular weight is 331 g/mol. The third-order valence-electron chi connectivity index (χ3n) is 2.87. The summed E-state index contributed by atoms with van der Waals surface area (Å²) >= 11 is 0. The number of amides is 2. The number of hydrogen-bond acceptors (Lipinski definition) is 5. The lowest BCUT2D eigenvalue weighted by atomic mass is 10.2. The summed E-state index contributed by atoms with van der Waals surface area (Å²) in [5, 5.41) is 9.07. The Bertz CT molecular complexity index is 731. The van der Waals surface area contributed by atoms with Crippen molar-refractivity contribution in [3.05, 3.63) is 47.3 Å².